The Morgan fingerprint density at radius 2 is 1.35 bits per heavy atom. The highest BCUT2D eigenvalue weighted by molar-refractivity contribution is 5.87. The molecule has 0 bridgehead atoms. The van der Waals surface area contributed by atoms with Gasteiger partial charge in [0.1, 0.15) is 5.75 Å². The highest BCUT2D eigenvalue weighted by Crippen LogP contribution is 2.31. The van der Waals surface area contributed by atoms with E-state index in [4.69, 9.17) is 9.84 Å². The van der Waals surface area contributed by atoms with Crippen LogP contribution in [0.1, 0.15) is 15.9 Å². The Morgan fingerprint density at radius 1 is 0.806 bits per heavy atom. The predicted octanol–water partition coefficient (Wildman–Crippen LogP) is 4.41. The number of carboxylic acid groups (broad SMARTS) is 1. The van der Waals surface area contributed by atoms with E-state index in [9.17, 15) is 9.59 Å². The highest BCUT2D eigenvalue weighted by Gasteiger charge is 2.11. The normalized spacial score (nSPS) is 10.5. The number of carboxylic acids is 1. The molecule has 0 fully saturated rings. The van der Waals surface area contributed by atoms with Crippen LogP contribution in [0.25, 0.3) is 33.8 Å². The van der Waals surface area contributed by atoms with Gasteiger partial charge >= 0.3 is 5.97 Å². The van der Waals surface area contributed by atoms with Crippen molar-refractivity contribution in [1.29, 1.82) is 0 Å². The van der Waals surface area contributed by atoms with Crippen molar-refractivity contribution in [2.45, 2.75) is 6.92 Å². The molecule has 0 atom stereocenters. The number of aryl methyl sites for hydroxylation is 1. The molecule has 1 N–H and O–H groups in total. The number of hydrogen-bond acceptors (Lipinski definition) is 6. The Bertz CT molecular complexity index is 1240. The summed E-state index contributed by atoms with van der Waals surface area (Å²) in [5.74, 6) is -0.680. The van der Waals surface area contributed by atoms with Gasteiger partial charge in [-0.15, -0.1) is 0 Å². The third-order valence-corrected chi connectivity index (χ3v) is 4.66. The van der Waals surface area contributed by atoms with Crippen molar-refractivity contribution in [3.8, 4) is 39.5 Å². The zero-order valence-corrected chi connectivity index (χ0v) is 16.5. The van der Waals surface area contributed by atoms with Gasteiger partial charge in [0.2, 0.25) is 0 Å². The molecule has 0 saturated heterocycles. The van der Waals surface area contributed by atoms with Gasteiger partial charge in [0.05, 0.1) is 28.8 Å². The molecule has 7 heteroatoms. The number of nitrogens with zero attached hydrogens (tertiary/aromatic N) is 3. The van der Waals surface area contributed by atoms with Crippen LogP contribution >= 0.6 is 0 Å². The molecule has 0 spiro atoms. The average molecular weight is 411 g/mol. The summed E-state index contributed by atoms with van der Waals surface area (Å²) < 4.78 is 4.81. The van der Waals surface area contributed by atoms with E-state index in [0.29, 0.717) is 23.6 Å². The zero-order chi connectivity index (χ0) is 21.8. The number of aromatic nitrogens is 3. The van der Waals surface area contributed by atoms with Gasteiger partial charge < -0.3 is 9.84 Å². The van der Waals surface area contributed by atoms with Crippen molar-refractivity contribution in [3.63, 3.8) is 0 Å². The van der Waals surface area contributed by atoms with Crippen molar-refractivity contribution in [3.05, 3.63) is 84.3 Å². The van der Waals surface area contributed by atoms with Gasteiger partial charge in [0, 0.05) is 29.1 Å². The lowest BCUT2D eigenvalue weighted by Gasteiger charge is -2.10. The average Bonchev–Trinajstić information content (AvgIpc) is 2.80. The summed E-state index contributed by atoms with van der Waals surface area (Å²) in [5, 5.41) is 9.13. The summed E-state index contributed by atoms with van der Waals surface area (Å²) in [4.78, 5) is 34.9. The van der Waals surface area contributed by atoms with Crippen LogP contribution in [-0.2, 0) is 4.79 Å². The predicted molar refractivity (Wildman–Crippen MR) is 115 cm³/mol. The van der Waals surface area contributed by atoms with Gasteiger partial charge in [-0.3, -0.25) is 19.7 Å². The fourth-order valence-corrected chi connectivity index (χ4v) is 3.08. The van der Waals surface area contributed by atoms with E-state index in [2.05, 4.69) is 15.0 Å². The lowest BCUT2D eigenvalue weighted by molar-refractivity contribution is -0.120. The van der Waals surface area contributed by atoms with Crippen LogP contribution in [0.2, 0.25) is 0 Å². The highest BCUT2D eigenvalue weighted by atomic mass is 16.5. The number of pyridine rings is 3. The van der Waals surface area contributed by atoms with Gasteiger partial charge in [-0.05, 0) is 61.0 Å². The maximum atomic E-state index is 11.1. The molecule has 0 amide bonds. The van der Waals surface area contributed by atoms with Crippen molar-refractivity contribution >= 4 is 12.4 Å². The molecule has 3 heterocycles. The van der Waals surface area contributed by atoms with Gasteiger partial charge in [-0.2, -0.15) is 0 Å². The van der Waals surface area contributed by atoms with Gasteiger partial charge in [-0.25, -0.2) is 4.79 Å². The van der Waals surface area contributed by atoms with E-state index in [0.717, 1.165) is 27.9 Å². The number of rotatable bonds is 6. The summed E-state index contributed by atoms with van der Waals surface area (Å²) in [6, 6.07) is 16.4. The first kappa shape index (κ1) is 19.9. The first-order valence-corrected chi connectivity index (χ1v) is 9.38. The minimum atomic E-state index is -1.03. The van der Waals surface area contributed by atoms with Crippen molar-refractivity contribution in [1.82, 2.24) is 15.0 Å². The molecule has 4 aromatic rings. The smallest absolute Gasteiger partial charge is 0.337 e. The van der Waals surface area contributed by atoms with Crippen molar-refractivity contribution in [2.75, 3.05) is 0 Å². The van der Waals surface area contributed by atoms with Crippen LogP contribution in [0, 0.1) is 6.92 Å². The van der Waals surface area contributed by atoms with Crippen LogP contribution in [0.15, 0.2) is 73.2 Å². The maximum Gasteiger partial charge on any atom is 0.337 e. The Kier molecular flexibility index (Phi) is 5.49. The lowest BCUT2D eigenvalue weighted by Crippen LogP contribution is -1.97. The molecule has 0 aliphatic rings. The minimum Gasteiger partial charge on any atom is -0.478 e. The topological polar surface area (TPSA) is 102 Å². The van der Waals surface area contributed by atoms with E-state index in [1.54, 1.807) is 24.4 Å². The van der Waals surface area contributed by atoms with E-state index < -0.39 is 5.97 Å². The molecule has 0 saturated carbocycles. The monoisotopic (exact) mass is 411 g/mol. The molecule has 0 aliphatic carbocycles. The van der Waals surface area contributed by atoms with E-state index in [1.165, 1.54) is 18.5 Å². The number of ether oxygens (including phenoxy) is 1. The number of carbonyl (C=O) groups excluding carboxylic acids is 1. The molecule has 0 aliphatic heterocycles. The van der Waals surface area contributed by atoms with Crippen LogP contribution in [0.3, 0.4) is 0 Å². The summed E-state index contributed by atoms with van der Waals surface area (Å²) >= 11 is 0. The number of hydrogen-bond donors (Lipinski definition) is 1. The first-order chi connectivity index (χ1) is 15.0. The van der Waals surface area contributed by atoms with Gasteiger partial charge in [0.15, 0.2) is 0 Å². The molecule has 0 radical (unpaired) electrons. The molecule has 1 aromatic carbocycles. The fourth-order valence-electron chi connectivity index (χ4n) is 3.08. The molecule has 4 rings (SSSR count). The largest absolute Gasteiger partial charge is 0.478 e. The summed E-state index contributed by atoms with van der Waals surface area (Å²) in [7, 11) is 0. The SMILES string of the molecule is Cc1ccc(-c2cc(-c3ccc(OC=O)cn3)cc(-c3ccc(C(=O)O)cn3)c2)nc1. The number of carbonyl (C=O) groups is 2. The molecule has 3 aromatic heterocycles. The molecular weight excluding hydrogens is 394 g/mol. The van der Waals surface area contributed by atoms with Crippen molar-refractivity contribution < 1.29 is 19.4 Å². The Balaban J connectivity index is 1.82. The van der Waals surface area contributed by atoms with E-state index >= 15 is 0 Å². The summed E-state index contributed by atoms with van der Waals surface area (Å²) in [6.45, 7) is 2.32. The molecule has 0 unspecified atom stereocenters. The second-order valence-corrected chi connectivity index (χ2v) is 6.85. The van der Waals surface area contributed by atoms with E-state index in [1.807, 2.05) is 37.3 Å². The van der Waals surface area contributed by atoms with Crippen LogP contribution in [0.4, 0.5) is 0 Å². The Labute approximate surface area is 178 Å². The third-order valence-electron chi connectivity index (χ3n) is 4.66. The summed E-state index contributed by atoms with van der Waals surface area (Å²) in [5.41, 5.74) is 5.74. The molecule has 7 nitrogen and oxygen atoms in total. The minimum absolute atomic E-state index is 0.118. The second kappa shape index (κ2) is 8.54. The standard InChI is InChI=1S/C24H17N3O4/c1-15-2-5-21(25-11-15)17-8-18(22-6-3-16(12-26-22)24(29)30)10-19(9-17)23-7-4-20(13-27-23)31-14-28/h2-14H,1H3,(H,29,30). The summed E-state index contributed by atoms with van der Waals surface area (Å²) in [6.07, 6.45) is 4.60. The van der Waals surface area contributed by atoms with Crippen LogP contribution in [-0.4, -0.2) is 32.5 Å². The van der Waals surface area contributed by atoms with Crippen LogP contribution < -0.4 is 4.74 Å². The van der Waals surface area contributed by atoms with E-state index in [-0.39, 0.29) is 5.56 Å². The Hall–Kier alpha value is -4.39. The fraction of sp³-hybridized carbons (Fsp3) is 0.0417. The Morgan fingerprint density at radius 3 is 1.77 bits per heavy atom. The third kappa shape index (κ3) is 4.45. The quantitative estimate of drug-likeness (QED) is 0.469. The van der Waals surface area contributed by atoms with Gasteiger partial charge in [-0.1, -0.05) is 6.07 Å². The zero-order valence-electron chi connectivity index (χ0n) is 16.5. The molecule has 152 valence electrons. The molecule has 31 heavy (non-hydrogen) atoms. The second-order valence-electron chi connectivity index (χ2n) is 6.85. The van der Waals surface area contributed by atoms with Crippen LogP contribution in [0.5, 0.6) is 5.75 Å². The molecular formula is C24H17N3O4. The number of aromatic carboxylic acids is 1. The maximum absolute atomic E-state index is 11.1. The number of benzene rings is 1. The van der Waals surface area contributed by atoms with Gasteiger partial charge in [0.25, 0.3) is 6.47 Å². The van der Waals surface area contributed by atoms with Crippen molar-refractivity contribution in [2.24, 2.45) is 0 Å². The first-order valence-electron chi connectivity index (χ1n) is 9.38. The lowest BCUT2D eigenvalue weighted by atomic mass is 9.98.